The molecule has 2 saturated heterocycles. The zero-order valence-electron chi connectivity index (χ0n) is 18.6. The topological polar surface area (TPSA) is 50.6 Å². The lowest BCUT2D eigenvalue weighted by Gasteiger charge is -2.48. The molecule has 1 spiro atoms. The van der Waals surface area contributed by atoms with Crippen LogP contribution in [-0.4, -0.2) is 62.9 Å². The summed E-state index contributed by atoms with van der Waals surface area (Å²) in [6.07, 6.45) is 8.58. The van der Waals surface area contributed by atoms with Gasteiger partial charge in [-0.3, -0.25) is 14.4 Å². The van der Waals surface area contributed by atoms with Crippen LogP contribution in [0.3, 0.4) is 0 Å². The van der Waals surface area contributed by atoms with Crippen LogP contribution in [0.4, 0.5) is 0 Å². The average molecular weight is 423 g/mol. The predicted molar refractivity (Wildman–Crippen MR) is 120 cm³/mol. The molecule has 1 aromatic carbocycles. The van der Waals surface area contributed by atoms with Crippen LogP contribution >= 0.6 is 0 Å². The number of hydrogen-bond donors (Lipinski definition) is 0. The molecule has 6 nitrogen and oxygen atoms in total. The van der Waals surface area contributed by atoms with E-state index in [0.717, 1.165) is 64.5 Å². The van der Waals surface area contributed by atoms with E-state index in [1.54, 1.807) is 0 Å². The Morgan fingerprint density at radius 3 is 2.58 bits per heavy atom. The largest absolute Gasteiger partial charge is 0.375 e. The molecule has 166 valence electrons. The minimum absolute atomic E-state index is 0.0538. The molecule has 1 unspecified atom stereocenters. The fraction of sp³-hybridized carbons (Fsp3) is 0.600. The van der Waals surface area contributed by atoms with Crippen molar-refractivity contribution in [2.24, 2.45) is 0 Å². The van der Waals surface area contributed by atoms with Gasteiger partial charge in [-0.05, 0) is 57.1 Å². The molecule has 3 heterocycles. The number of nitrogens with zero attached hydrogens (tertiary/aromatic N) is 4. The van der Waals surface area contributed by atoms with Gasteiger partial charge in [0.25, 0.3) is 5.91 Å². The van der Waals surface area contributed by atoms with Gasteiger partial charge in [-0.25, -0.2) is 0 Å². The van der Waals surface area contributed by atoms with E-state index >= 15 is 0 Å². The normalized spacial score (nSPS) is 23.4. The quantitative estimate of drug-likeness (QED) is 0.712. The Hall–Kier alpha value is -2.18. The molecule has 2 aliphatic heterocycles. The molecule has 0 N–H and O–H groups in total. The fourth-order valence-corrected chi connectivity index (χ4v) is 5.32. The molecular formula is C25H34N4O2. The van der Waals surface area contributed by atoms with Gasteiger partial charge in [-0.2, -0.15) is 5.10 Å². The summed E-state index contributed by atoms with van der Waals surface area (Å²) in [5.74, 6) is 0.0538. The first-order valence-corrected chi connectivity index (χ1v) is 11.9. The van der Waals surface area contributed by atoms with Gasteiger partial charge in [-0.1, -0.05) is 30.3 Å². The number of ether oxygens (including phenoxy) is 1. The van der Waals surface area contributed by atoms with Gasteiger partial charge in [0.1, 0.15) is 5.69 Å². The summed E-state index contributed by atoms with van der Waals surface area (Å²) in [5, 5.41) is 4.40. The van der Waals surface area contributed by atoms with Crippen LogP contribution in [-0.2, 0) is 17.8 Å². The van der Waals surface area contributed by atoms with Crippen LogP contribution in [0.25, 0.3) is 0 Å². The number of benzene rings is 1. The highest BCUT2D eigenvalue weighted by Crippen LogP contribution is 2.40. The highest BCUT2D eigenvalue weighted by molar-refractivity contribution is 5.92. The maximum Gasteiger partial charge on any atom is 0.274 e. The molecule has 0 radical (unpaired) electrons. The van der Waals surface area contributed by atoms with Crippen LogP contribution in [0.1, 0.15) is 61.5 Å². The van der Waals surface area contributed by atoms with Crippen molar-refractivity contribution in [1.29, 1.82) is 0 Å². The molecule has 1 atom stereocenters. The highest BCUT2D eigenvalue weighted by atomic mass is 16.5. The molecular weight excluding hydrogens is 388 g/mol. The molecule has 31 heavy (non-hydrogen) atoms. The molecule has 1 aromatic heterocycles. The molecule has 1 amide bonds. The Morgan fingerprint density at radius 1 is 1.13 bits per heavy atom. The van der Waals surface area contributed by atoms with E-state index in [1.165, 1.54) is 18.4 Å². The third-order valence-electron chi connectivity index (χ3n) is 7.31. The first-order valence-electron chi connectivity index (χ1n) is 11.9. The standard InChI is InChI=1S/C25H34N4O2/c1-2-28-14-10-23(26-28)24(30)27-15-12-25(13-16-27)18-22(11-17-31-25)29(21-8-9-21)19-20-6-4-3-5-7-20/h3-7,10,14,21-22H,2,8-9,11-13,15-19H2,1H3. The number of carbonyl (C=O) groups excluding carboxylic acids is 1. The summed E-state index contributed by atoms with van der Waals surface area (Å²) in [6, 6.07) is 14.0. The van der Waals surface area contributed by atoms with Gasteiger partial charge in [0.05, 0.1) is 5.60 Å². The minimum Gasteiger partial charge on any atom is -0.375 e. The number of aryl methyl sites for hydroxylation is 1. The summed E-state index contributed by atoms with van der Waals surface area (Å²) < 4.78 is 8.22. The number of carbonyl (C=O) groups is 1. The average Bonchev–Trinajstić information content (AvgIpc) is 3.54. The Labute approximate surface area is 185 Å². The number of amides is 1. The monoisotopic (exact) mass is 422 g/mol. The molecule has 2 aromatic rings. The smallest absolute Gasteiger partial charge is 0.274 e. The van der Waals surface area contributed by atoms with Gasteiger partial charge < -0.3 is 9.64 Å². The Balaban J connectivity index is 1.22. The SMILES string of the molecule is CCn1ccc(C(=O)N2CCC3(CC2)CC(N(Cc2ccccc2)C2CC2)CCO3)n1. The summed E-state index contributed by atoms with van der Waals surface area (Å²) in [4.78, 5) is 17.6. The van der Waals surface area contributed by atoms with Gasteiger partial charge in [0.15, 0.2) is 0 Å². The van der Waals surface area contributed by atoms with Crippen molar-refractivity contribution in [3.8, 4) is 0 Å². The Bertz CT molecular complexity index is 884. The Kier molecular flexibility index (Phi) is 5.85. The van der Waals surface area contributed by atoms with Gasteiger partial charge in [0, 0.05) is 51.1 Å². The second-order valence-corrected chi connectivity index (χ2v) is 9.42. The second kappa shape index (κ2) is 8.75. The predicted octanol–water partition coefficient (Wildman–Crippen LogP) is 3.72. The zero-order valence-corrected chi connectivity index (χ0v) is 18.6. The second-order valence-electron chi connectivity index (χ2n) is 9.42. The number of rotatable bonds is 6. The van der Waals surface area contributed by atoms with E-state index in [0.29, 0.717) is 11.7 Å². The first-order chi connectivity index (χ1) is 15.2. The minimum atomic E-state index is -0.0771. The number of piperidine rings is 1. The maximum absolute atomic E-state index is 12.9. The first kappa shape index (κ1) is 20.7. The van der Waals surface area contributed by atoms with Crippen molar-refractivity contribution in [3.05, 3.63) is 53.9 Å². The van der Waals surface area contributed by atoms with Crippen LogP contribution in [0.2, 0.25) is 0 Å². The van der Waals surface area contributed by atoms with E-state index in [2.05, 4.69) is 40.3 Å². The lowest BCUT2D eigenvalue weighted by Crippen LogP contribution is -2.54. The summed E-state index contributed by atoms with van der Waals surface area (Å²) in [7, 11) is 0. The maximum atomic E-state index is 12.9. The van der Waals surface area contributed by atoms with Crippen LogP contribution in [0, 0.1) is 0 Å². The van der Waals surface area contributed by atoms with Crippen molar-refractivity contribution >= 4 is 5.91 Å². The lowest BCUT2D eigenvalue weighted by molar-refractivity contribution is -0.131. The Morgan fingerprint density at radius 2 is 1.90 bits per heavy atom. The number of hydrogen-bond acceptors (Lipinski definition) is 4. The number of aromatic nitrogens is 2. The van der Waals surface area contributed by atoms with Crippen molar-refractivity contribution in [3.63, 3.8) is 0 Å². The summed E-state index contributed by atoms with van der Waals surface area (Å²) in [5.41, 5.74) is 1.89. The van der Waals surface area contributed by atoms with Crippen molar-refractivity contribution in [2.45, 2.75) is 76.2 Å². The molecule has 3 aliphatic rings. The van der Waals surface area contributed by atoms with E-state index < -0.39 is 0 Å². The molecule has 6 heteroatoms. The van der Waals surface area contributed by atoms with Crippen molar-refractivity contribution in [1.82, 2.24) is 19.6 Å². The van der Waals surface area contributed by atoms with Crippen molar-refractivity contribution < 1.29 is 9.53 Å². The molecule has 3 fully saturated rings. The van der Waals surface area contributed by atoms with E-state index in [4.69, 9.17) is 4.74 Å². The highest BCUT2D eigenvalue weighted by Gasteiger charge is 2.45. The third-order valence-corrected chi connectivity index (χ3v) is 7.31. The fourth-order valence-electron chi connectivity index (χ4n) is 5.32. The van der Waals surface area contributed by atoms with Crippen LogP contribution in [0.5, 0.6) is 0 Å². The third kappa shape index (κ3) is 4.55. The van der Waals surface area contributed by atoms with E-state index in [9.17, 15) is 4.79 Å². The number of likely N-dealkylation sites (tertiary alicyclic amines) is 1. The molecule has 5 rings (SSSR count). The van der Waals surface area contributed by atoms with E-state index in [-0.39, 0.29) is 11.5 Å². The molecule has 0 bridgehead atoms. The zero-order chi connectivity index (χ0) is 21.3. The molecule has 1 saturated carbocycles. The summed E-state index contributed by atoms with van der Waals surface area (Å²) >= 11 is 0. The van der Waals surface area contributed by atoms with Crippen molar-refractivity contribution in [2.75, 3.05) is 19.7 Å². The van der Waals surface area contributed by atoms with Gasteiger partial charge in [-0.15, -0.1) is 0 Å². The van der Waals surface area contributed by atoms with E-state index in [1.807, 2.05) is 28.8 Å². The van der Waals surface area contributed by atoms with Crippen LogP contribution in [0.15, 0.2) is 42.6 Å². The van der Waals surface area contributed by atoms with Crippen LogP contribution < -0.4 is 0 Å². The van der Waals surface area contributed by atoms with Gasteiger partial charge >= 0.3 is 0 Å². The lowest BCUT2D eigenvalue weighted by atomic mass is 9.81. The van der Waals surface area contributed by atoms with Gasteiger partial charge in [0.2, 0.25) is 0 Å². The molecule has 1 aliphatic carbocycles. The summed E-state index contributed by atoms with van der Waals surface area (Å²) in [6.45, 7) is 6.20.